The van der Waals surface area contributed by atoms with Crippen LogP contribution in [-0.2, 0) is 0 Å². The Balaban J connectivity index is 1.30. The van der Waals surface area contributed by atoms with Gasteiger partial charge in [-0.2, -0.15) is 0 Å². The number of carbonyl (C=O) groups excluding carboxylic acids is 1. The zero-order chi connectivity index (χ0) is 23.7. The number of aromatic amines is 1. The average Bonchev–Trinajstić information content (AvgIpc) is 3.26. The van der Waals surface area contributed by atoms with Gasteiger partial charge in [-0.15, -0.1) is 0 Å². The standard InChI is InChI=1S/C24H21Cl2FN6O/c25-15-8-17-18(11-30-21(17)29-10-15)22-31-12-20(27)23(32-22)28-9-14-4-3-7-33(13-14)24(34)16-5-1-2-6-19(16)26/h1-2,5-6,8,10-12,14H,3-4,7,9,13H2,(H,29,30)(H,28,31,32). The fourth-order valence-electron chi connectivity index (χ4n) is 4.25. The molecule has 0 radical (unpaired) electrons. The van der Waals surface area contributed by atoms with Gasteiger partial charge >= 0.3 is 0 Å². The van der Waals surface area contributed by atoms with Gasteiger partial charge in [0.05, 0.1) is 21.8 Å². The van der Waals surface area contributed by atoms with Crippen LogP contribution in [0.3, 0.4) is 0 Å². The van der Waals surface area contributed by atoms with Crippen LogP contribution in [0.4, 0.5) is 10.2 Å². The van der Waals surface area contributed by atoms with E-state index in [0.717, 1.165) is 24.4 Å². The van der Waals surface area contributed by atoms with Crippen molar-refractivity contribution in [2.24, 2.45) is 5.92 Å². The SMILES string of the molecule is O=C(c1ccccc1Cl)N1CCCC(CNc2nc(-c3c[nH]c4ncc(Cl)cc34)ncc2F)C1. The van der Waals surface area contributed by atoms with Gasteiger partial charge in [-0.25, -0.2) is 19.3 Å². The molecule has 0 aliphatic carbocycles. The molecule has 3 aromatic heterocycles. The number of piperidine rings is 1. The zero-order valence-corrected chi connectivity index (χ0v) is 19.6. The molecular weight excluding hydrogens is 478 g/mol. The fourth-order valence-corrected chi connectivity index (χ4v) is 4.62. The summed E-state index contributed by atoms with van der Waals surface area (Å²) in [5.74, 6) is -0.00617. The normalized spacial score (nSPS) is 16.1. The molecule has 174 valence electrons. The Bertz CT molecular complexity index is 1360. The lowest BCUT2D eigenvalue weighted by Gasteiger charge is -2.33. The second-order valence-electron chi connectivity index (χ2n) is 8.26. The van der Waals surface area contributed by atoms with Crippen LogP contribution in [0.1, 0.15) is 23.2 Å². The van der Waals surface area contributed by atoms with Crippen molar-refractivity contribution in [3.63, 3.8) is 0 Å². The number of likely N-dealkylation sites (tertiary alicyclic amines) is 1. The van der Waals surface area contributed by atoms with E-state index in [1.807, 2.05) is 4.90 Å². The minimum atomic E-state index is -0.542. The van der Waals surface area contributed by atoms with Gasteiger partial charge < -0.3 is 15.2 Å². The summed E-state index contributed by atoms with van der Waals surface area (Å²) in [4.78, 5) is 30.6. The Kier molecular flexibility index (Phi) is 6.34. The lowest BCUT2D eigenvalue weighted by atomic mass is 9.97. The largest absolute Gasteiger partial charge is 0.367 e. The van der Waals surface area contributed by atoms with Gasteiger partial charge in [-0.05, 0) is 37.0 Å². The molecule has 1 atom stereocenters. The highest BCUT2D eigenvalue weighted by molar-refractivity contribution is 6.33. The van der Waals surface area contributed by atoms with Gasteiger partial charge in [-0.3, -0.25) is 4.79 Å². The molecule has 0 bridgehead atoms. The van der Waals surface area contributed by atoms with Crippen LogP contribution in [0, 0.1) is 11.7 Å². The summed E-state index contributed by atoms with van der Waals surface area (Å²) in [5.41, 5.74) is 1.83. The second kappa shape index (κ2) is 9.56. The van der Waals surface area contributed by atoms with Crippen LogP contribution in [0.5, 0.6) is 0 Å². The number of anilines is 1. The Morgan fingerprint density at radius 2 is 2.09 bits per heavy atom. The first-order valence-electron chi connectivity index (χ1n) is 10.9. The maximum Gasteiger partial charge on any atom is 0.255 e. The molecule has 0 saturated carbocycles. The highest BCUT2D eigenvalue weighted by atomic mass is 35.5. The van der Waals surface area contributed by atoms with Gasteiger partial charge in [0.2, 0.25) is 0 Å². The number of pyridine rings is 1. The van der Waals surface area contributed by atoms with Crippen LogP contribution in [0.15, 0.2) is 48.9 Å². The molecule has 7 nitrogen and oxygen atoms in total. The van der Waals surface area contributed by atoms with E-state index in [1.54, 1.807) is 42.7 Å². The molecule has 1 aliphatic heterocycles. The second-order valence-corrected chi connectivity index (χ2v) is 9.11. The number of benzene rings is 1. The molecule has 0 spiro atoms. The molecular formula is C24H21Cl2FN6O. The van der Waals surface area contributed by atoms with Crippen molar-refractivity contribution < 1.29 is 9.18 Å². The Labute approximate surface area is 205 Å². The third kappa shape index (κ3) is 4.56. The molecule has 1 fully saturated rings. The van der Waals surface area contributed by atoms with E-state index in [2.05, 4.69) is 25.3 Å². The minimum absolute atomic E-state index is 0.0857. The monoisotopic (exact) mass is 498 g/mol. The van der Waals surface area contributed by atoms with Gasteiger partial charge in [0, 0.05) is 43.0 Å². The Morgan fingerprint density at radius 1 is 1.24 bits per heavy atom. The van der Waals surface area contributed by atoms with Crippen LogP contribution >= 0.6 is 23.2 Å². The predicted molar refractivity (Wildman–Crippen MR) is 131 cm³/mol. The number of amides is 1. The number of H-pyrrole nitrogens is 1. The molecule has 10 heteroatoms. The first-order chi connectivity index (χ1) is 16.5. The molecule has 34 heavy (non-hydrogen) atoms. The van der Waals surface area contributed by atoms with Crippen LogP contribution < -0.4 is 5.32 Å². The number of nitrogens with one attached hydrogen (secondary N) is 2. The van der Waals surface area contributed by atoms with E-state index in [-0.39, 0.29) is 17.6 Å². The molecule has 1 saturated heterocycles. The minimum Gasteiger partial charge on any atom is -0.367 e. The molecule has 1 unspecified atom stereocenters. The molecule has 5 rings (SSSR count). The van der Waals surface area contributed by atoms with Gasteiger partial charge in [0.25, 0.3) is 5.91 Å². The molecule has 1 aromatic carbocycles. The van der Waals surface area contributed by atoms with Gasteiger partial charge in [0.15, 0.2) is 17.5 Å². The van der Waals surface area contributed by atoms with E-state index in [1.165, 1.54) is 0 Å². The van der Waals surface area contributed by atoms with Crippen molar-refractivity contribution >= 4 is 46.0 Å². The van der Waals surface area contributed by atoms with Crippen LogP contribution in [0.2, 0.25) is 10.0 Å². The summed E-state index contributed by atoms with van der Waals surface area (Å²) in [7, 11) is 0. The Morgan fingerprint density at radius 3 is 2.94 bits per heavy atom. The van der Waals surface area contributed by atoms with Crippen molar-refractivity contribution in [3.05, 3.63) is 70.3 Å². The quantitative estimate of drug-likeness (QED) is 0.383. The van der Waals surface area contributed by atoms with E-state index in [4.69, 9.17) is 23.2 Å². The summed E-state index contributed by atoms with van der Waals surface area (Å²) in [6, 6.07) is 8.81. The predicted octanol–water partition coefficient (Wildman–Crippen LogP) is 5.43. The highest BCUT2D eigenvalue weighted by Crippen LogP contribution is 2.28. The van der Waals surface area contributed by atoms with E-state index < -0.39 is 5.82 Å². The molecule has 1 aliphatic rings. The van der Waals surface area contributed by atoms with E-state index in [9.17, 15) is 9.18 Å². The summed E-state index contributed by atoms with van der Waals surface area (Å²) in [6.07, 6.45) is 6.21. The summed E-state index contributed by atoms with van der Waals surface area (Å²) in [5, 5.41) is 4.80. The molecule has 1 amide bonds. The fraction of sp³-hybridized carbons (Fsp3) is 0.250. The average molecular weight is 499 g/mol. The van der Waals surface area contributed by atoms with Crippen LogP contribution in [-0.4, -0.2) is 50.4 Å². The third-order valence-corrected chi connectivity index (χ3v) is 6.49. The highest BCUT2D eigenvalue weighted by Gasteiger charge is 2.26. The van der Waals surface area contributed by atoms with Crippen LogP contribution in [0.25, 0.3) is 22.4 Å². The Hall–Kier alpha value is -3.23. The number of halogens is 3. The number of hydrogen-bond donors (Lipinski definition) is 2. The van der Waals surface area contributed by atoms with Crippen molar-refractivity contribution in [2.75, 3.05) is 25.0 Å². The van der Waals surface area contributed by atoms with E-state index in [0.29, 0.717) is 52.3 Å². The zero-order valence-electron chi connectivity index (χ0n) is 18.1. The number of aromatic nitrogens is 4. The third-order valence-electron chi connectivity index (χ3n) is 5.95. The van der Waals surface area contributed by atoms with Crippen molar-refractivity contribution in [3.8, 4) is 11.4 Å². The van der Waals surface area contributed by atoms with Crippen molar-refractivity contribution in [1.29, 1.82) is 0 Å². The van der Waals surface area contributed by atoms with Crippen molar-refractivity contribution in [2.45, 2.75) is 12.8 Å². The van der Waals surface area contributed by atoms with E-state index >= 15 is 0 Å². The number of carbonyl (C=O) groups is 1. The smallest absolute Gasteiger partial charge is 0.255 e. The summed E-state index contributed by atoms with van der Waals surface area (Å²) < 4.78 is 14.5. The number of hydrogen-bond acceptors (Lipinski definition) is 5. The summed E-state index contributed by atoms with van der Waals surface area (Å²) >= 11 is 12.3. The number of rotatable bonds is 5. The number of nitrogens with zero attached hydrogens (tertiary/aromatic N) is 4. The van der Waals surface area contributed by atoms with Gasteiger partial charge in [-0.1, -0.05) is 35.3 Å². The molecule has 4 heterocycles. The van der Waals surface area contributed by atoms with Crippen molar-refractivity contribution in [1.82, 2.24) is 24.8 Å². The number of fused-ring (bicyclic) bond motifs is 1. The molecule has 2 N–H and O–H groups in total. The lowest BCUT2D eigenvalue weighted by molar-refractivity contribution is 0.0680. The van der Waals surface area contributed by atoms with Gasteiger partial charge in [0.1, 0.15) is 5.65 Å². The first-order valence-corrected chi connectivity index (χ1v) is 11.7. The maximum atomic E-state index is 14.5. The lowest BCUT2D eigenvalue weighted by Crippen LogP contribution is -2.42. The summed E-state index contributed by atoms with van der Waals surface area (Å²) in [6.45, 7) is 1.70. The topological polar surface area (TPSA) is 86.8 Å². The maximum absolute atomic E-state index is 14.5. The first kappa shape index (κ1) is 22.6. The molecule has 4 aromatic rings.